The van der Waals surface area contributed by atoms with E-state index in [9.17, 15) is 15.0 Å². The van der Waals surface area contributed by atoms with Crippen LogP contribution < -0.4 is 11.3 Å². The van der Waals surface area contributed by atoms with Crippen LogP contribution in [0.4, 0.5) is 5.95 Å². The fourth-order valence-corrected chi connectivity index (χ4v) is 2.24. The van der Waals surface area contributed by atoms with E-state index in [-0.39, 0.29) is 44.4 Å². The zero-order chi connectivity index (χ0) is 14.4. The Hall–Kier alpha value is -1.09. The maximum atomic E-state index is 11.7. The fourth-order valence-electron chi connectivity index (χ4n) is 2.24. The number of anilines is 1. The first-order valence-electron chi connectivity index (χ1n) is 5.87. The molecule has 0 spiro atoms. The number of ether oxygens (including phenoxy) is 1. The van der Waals surface area contributed by atoms with Gasteiger partial charge in [-0.1, -0.05) is 0 Å². The van der Waals surface area contributed by atoms with Crippen LogP contribution >= 0.6 is 0 Å². The van der Waals surface area contributed by atoms with Gasteiger partial charge in [0.25, 0.3) is 5.56 Å². The van der Waals surface area contributed by atoms with Crippen LogP contribution in [-0.4, -0.2) is 87.1 Å². The number of aliphatic hydroxyl groups excluding tert-OH is 3. The van der Waals surface area contributed by atoms with Gasteiger partial charge in [-0.05, 0) is 0 Å². The first kappa shape index (κ1) is 16.3. The summed E-state index contributed by atoms with van der Waals surface area (Å²) in [4.78, 5) is 21.8. The van der Waals surface area contributed by atoms with E-state index in [1.54, 1.807) is 0 Å². The molecule has 0 unspecified atom stereocenters. The van der Waals surface area contributed by atoms with Crippen LogP contribution in [0.3, 0.4) is 0 Å². The van der Waals surface area contributed by atoms with E-state index in [4.69, 9.17) is 15.6 Å². The van der Waals surface area contributed by atoms with E-state index >= 15 is 0 Å². The van der Waals surface area contributed by atoms with Gasteiger partial charge in [-0.25, -0.2) is 4.98 Å². The number of nitrogens with two attached hydrogens (primary N) is 1. The molecule has 0 aliphatic carbocycles. The number of H-pyrrole nitrogens is 1. The van der Waals surface area contributed by atoms with Gasteiger partial charge in [-0.15, -0.1) is 0 Å². The Balaban J connectivity index is 0.00000161. The van der Waals surface area contributed by atoms with Crippen molar-refractivity contribution in [2.75, 3.05) is 12.3 Å². The van der Waals surface area contributed by atoms with Crippen molar-refractivity contribution in [2.24, 2.45) is 0 Å². The van der Waals surface area contributed by atoms with Crippen molar-refractivity contribution >= 4 is 44.4 Å². The molecule has 6 N–H and O–H groups in total. The average Bonchev–Trinajstić information content (AvgIpc) is 2.93. The third-order valence-electron chi connectivity index (χ3n) is 3.24. The predicted octanol–water partition coefficient (Wildman–Crippen LogP) is -3.60. The van der Waals surface area contributed by atoms with E-state index < -0.39 is 36.7 Å². The van der Waals surface area contributed by atoms with E-state index in [0.29, 0.717) is 0 Å². The first-order valence-corrected chi connectivity index (χ1v) is 5.87. The Kier molecular flexibility index (Phi) is 4.62. The van der Waals surface area contributed by atoms with E-state index in [0.717, 1.165) is 0 Å². The number of nitrogen functional groups attached to an aromatic ring is 1. The second-order valence-electron chi connectivity index (χ2n) is 4.50. The molecule has 1 aliphatic rings. The Bertz CT molecular complexity index is 703. The number of aromatic nitrogens is 4. The quantitative estimate of drug-likeness (QED) is 0.269. The zero-order valence-corrected chi connectivity index (χ0v) is 16.4. The molecule has 2 aromatic heterocycles. The molecule has 0 aromatic carbocycles. The van der Waals surface area contributed by atoms with Gasteiger partial charge in [0.2, 0.25) is 5.95 Å². The van der Waals surface area contributed by atoms with Gasteiger partial charge in [0.15, 0.2) is 17.4 Å². The molecule has 0 bridgehead atoms. The Morgan fingerprint density at radius 3 is 2.76 bits per heavy atom. The first-order chi connectivity index (χ1) is 9.52. The predicted molar refractivity (Wildman–Crippen MR) is 74.1 cm³/mol. The number of aliphatic hydroxyl groups is 3. The average molecular weight is 492 g/mol. The van der Waals surface area contributed by atoms with Crippen LogP contribution in [-0.2, 0) is 4.74 Å². The summed E-state index contributed by atoms with van der Waals surface area (Å²) in [5.74, 6) is -0.101. The third kappa shape index (κ3) is 2.57. The van der Waals surface area contributed by atoms with Crippen molar-refractivity contribution < 1.29 is 20.1 Å². The van der Waals surface area contributed by atoms with Crippen LogP contribution in [0.1, 0.15) is 6.23 Å². The maximum absolute atomic E-state index is 11.7. The molecule has 0 saturated carbocycles. The molecule has 2 radical (unpaired) electrons. The van der Waals surface area contributed by atoms with E-state index in [2.05, 4.69) is 15.0 Å². The molecular weight excluding hydrogens is 477 g/mol. The topological polar surface area (TPSA) is 160 Å². The van der Waals surface area contributed by atoms with Gasteiger partial charge in [0.1, 0.15) is 18.3 Å². The fraction of sp³-hybridized carbons (Fsp3) is 0.500. The molecule has 114 valence electrons. The molecule has 1 fully saturated rings. The number of nitrogens with one attached hydrogen (secondary N) is 1. The zero-order valence-electron chi connectivity index (χ0n) is 10.9. The number of rotatable bonds is 2. The minimum atomic E-state index is -1.29. The van der Waals surface area contributed by atoms with Gasteiger partial charge >= 0.3 is 27.3 Å². The van der Waals surface area contributed by atoms with Crippen LogP contribution in [0.5, 0.6) is 0 Å². The van der Waals surface area contributed by atoms with Gasteiger partial charge in [-0.2, -0.15) is 4.98 Å². The van der Waals surface area contributed by atoms with Crippen LogP contribution in [0, 0.1) is 0 Å². The summed E-state index contributed by atoms with van der Waals surface area (Å²) in [5.41, 5.74) is 5.12. The summed E-state index contributed by atoms with van der Waals surface area (Å²) in [7, 11) is 0. The molecular formula is C10H15N5O5Pb. The van der Waals surface area contributed by atoms with Crippen molar-refractivity contribution in [3.05, 3.63) is 16.7 Å². The van der Waals surface area contributed by atoms with Crippen molar-refractivity contribution in [1.29, 1.82) is 0 Å². The SMILES string of the molecule is Nc1nc2c(ncn2[C@@H]2O[C@H](CO)[C@@H](O)[C@H]2O)c(=O)[nH]1.[PbH2]. The third-order valence-corrected chi connectivity index (χ3v) is 3.24. The van der Waals surface area contributed by atoms with Crippen LogP contribution in [0.2, 0.25) is 0 Å². The molecule has 4 atom stereocenters. The standard InChI is InChI=1S/C10H13N5O5.Pb.2H/c11-10-13-7-4(8(19)14-10)12-2-15(7)9-6(18)5(17)3(1-16)20-9;;;/h2-3,5-6,9,16-18H,1H2,(H3,11,13,14,19);;;/t3-,5-,6-,9-;;;/m1.../s1. The molecule has 1 saturated heterocycles. The summed E-state index contributed by atoms with van der Waals surface area (Å²) in [6.07, 6.45) is -3.21. The van der Waals surface area contributed by atoms with E-state index in [1.165, 1.54) is 10.9 Å². The van der Waals surface area contributed by atoms with Crippen molar-refractivity contribution in [3.8, 4) is 0 Å². The minimum absolute atomic E-state index is 0. The molecule has 2 aromatic rings. The van der Waals surface area contributed by atoms with Crippen LogP contribution in [0.25, 0.3) is 11.2 Å². The van der Waals surface area contributed by atoms with Crippen LogP contribution in [0.15, 0.2) is 11.1 Å². The molecule has 11 heteroatoms. The monoisotopic (exact) mass is 493 g/mol. The number of fused-ring (bicyclic) bond motifs is 1. The van der Waals surface area contributed by atoms with Gasteiger partial charge in [0.05, 0.1) is 12.9 Å². The Morgan fingerprint density at radius 1 is 1.43 bits per heavy atom. The summed E-state index contributed by atoms with van der Waals surface area (Å²) < 4.78 is 6.64. The number of nitrogens with zero attached hydrogens (tertiary/aromatic N) is 3. The van der Waals surface area contributed by atoms with E-state index in [1.807, 2.05) is 0 Å². The van der Waals surface area contributed by atoms with Crippen molar-refractivity contribution in [2.45, 2.75) is 24.5 Å². The molecule has 3 heterocycles. The molecule has 21 heavy (non-hydrogen) atoms. The molecule has 3 rings (SSSR count). The number of hydrogen-bond acceptors (Lipinski definition) is 8. The molecule has 1 aliphatic heterocycles. The summed E-state index contributed by atoms with van der Waals surface area (Å²) in [6, 6.07) is 0. The Labute approximate surface area is 137 Å². The number of imidazole rings is 1. The second-order valence-corrected chi connectivity index (χ2v) is 4.50. The van der Waals surface area contributed by atoms with Gasteiger partial charge in [0, 0.05) is 0 Å². The van der Waals surface area contributed by atoms with Gasteiger partial charge in [-0.3, -0.25) is 14.3 Å². The Morgan fingerprint density at radius 2 is 2.14 bits per heavy atom. The summed E-state index contributed by atoms with van der Waals surface area (Å²) in [6.45, 7) is -0.447. The number of hydrogen-bond donors (Lipinski definition) is 5. The molecule has 0 amide bonds. The number of aromatic amines is 1. The van der Waals surface area contributed by atoms with Crippen molar-refractivity contribution in [1.82, 2.24) is 19.5 Å². The summed E-state index contributed by atoms with van der Waals surface area (Å²) >= 11 is 0. The normalized spacial score (nSPS) is 28.7. The second kappa shape index (κ2) is 5.96. The van der Waals surface area contributed by atoms with Crippen molar-refractivity contribution in [3.63, 3.8) is 0 Å². The molecule has 10 nitrogen and oxygen atoms in total. The summed E-state index contributed by atoms with van der Waals surface area (Å²) in [5, 5.41) is 28.7. The van der Waals surface area contributed by atoms with Gasteiger partial charge < -0.3 is 25.8 Å².